The predicted octanol–water partition coefficient (Wildman–Crippen LogP) is 4.09. The molecule has 0 heterocycles. The number of benzene rings is 2. The van der Waals surface area contributed by atoms with Crippen molar-refractivity contribution in [2.24, 2.45) is 0 Å². The smallest absolute Gasteiger partial charge is 0.147 e. The van der Waals surface area contributed by atoms with Gasteiger partial charge in [0.15, 0.2) is 0 Å². The Bertz CT molecular complexity index is 599. The van der Waals surface area contributed by atoms with Crippen LogP contribution in [0.2, 0.25) is 0 Å². The van der Waals surface area contributed by atoms with Crippen LogP contribution in [0.5, 0.6) is 5.75 Å². The van der Waals surface area contributed by atoms with Gasteiger partial charge >= 0.3 is 0 Å². The molecule has 0 bridgehead atoms. The lowest BCUT2D eigenvalue weighted by Crippen LogP contribution is -2.42. The van der Waals surface area contributed by atoms with Crippen molar-refractivity contribution < 1.29 is 9.94 Å². The molecule has 22 heavy (non-hydrogen) atoms. The van der Waals surface area contributed by atoms with E-state index >= 15 is 0 Å². The van der Waals surface area contributed by atoms with E-state index < -0.39 is 6.23 Å². The van der Waals surface area contributed by atoms with Crippen molar-refractivity contribution in [2.75, 3.05) is 0 Å². The van der Waals surface area contributed by atoms with Crippen LogP contribution in [0.1, 0.15) is 43.4 Å². The fourth-order valence-corrected chi connectivity index (χ4v) is 3.11. The molecule has 0 aliphatic heterocycles. The molecule has 1 aliphatic rings. The highest BCUT2D eigenvalue weighted by Gasteiger charge is 2.31. The zero-order valence-corrected chi connectivity index (χ0v) is 13.0. The number of para-hydroxylation sites is 1. The summed E-state index contributed by atoms with van der Waals surface area (Å²) in [5, 5.41) is 12.2. The number of aliphatic hydroxyl groups is 1. The first-order chi connectivity index (χ1) is 10.8. The highest BCUT2D eigenvalue weighted by molar-refractivity contribution is 5.32. The Balaban J connectivity index is 1.90. The summed E-state index contributed by atoms with van der Waals surface area (Å²) in [5.41, 5.74) is 2.64. The molecule has 116 valence electrons. The normalized spacial score (nSPS) is 18.8. The van der Waals surface area contributed by atoms with Gasteiger partial charge in [0.2, 0.25) is 0 Å². The first kappa shape index (κ1) is 15.1. The van der Waals surface area contributed by atoms with Crippen LogP contribution in [0, 0.1) is 0 Å². The van der Waals surface area contributed by atoms with E-state index in [1.54, 1.807) is 5.06 Å². The predicted molar refractivity (Wildman–Crippen MR) is 87.3 cm³/mol. The van der Waals surface area contributed by atoms with Crippen LogP contribution in [-0.2, 0) is 6.42 Å². The van der Waals surface area contributed by atoms with E-state index in [-0.39, 0.29) is 6.04 Å². The summed E-state index contributed by atoms with van der Waals surface area (Å²) in [6.07, 6.45) is 3.24. The van der Waals surface area contributed by atoms with Gasteiger partial charge in [-0.2, -0.15) is 0 Å². The number of hydrogen-bond acceptors (Lipinski definition) is 3. The van der Waals surface area contributed by atoms with E-state index in [1.165, 1.54) is 11.1 Å². The molecule has 3 heteroatoms. The van der Waals surface area contributed by atoms with Gasteiger partial charge < -0.3 is 9.94 Å². The number of aliphatic hydroxyl groups excluding tert-OH is 1. The molecule has 2 unspecified atom stereocenters. The average molecular weight is 297 g/mol. The Morgan fingerprint density at radius 2 is 1.86 bits per heavy atom. The Kier molecular flexibility index (Phi) is 4.76. The van der Waals surface area contributed by atoms with Gasteiger partial charge in [0.25, 0.3) is 0 Å². The van der Waals surface area contributed by atoms with Gasteiger partial charge in [0.1, 0.15) is 12.0 Å². The van der Waals surface area contributed by atoms with Gasteiger partial charge in [-0.3, -0.25) is 0 Å². The van der Waals surface area contributed by atoms with E-state index in [2.05, 4.69) is 24.3 Å². The van der Waals surface area contributed by atoms with Crippen molar-refractivity contribution in [2.45, 2.75) is 44.9 Å². The summed E-state index contributed by atoms with van der Waals surface area (Å²) in [5.74, 6) is 0.762. The average Bonchev–Trinajstić information content (AvgIpc) is 2.59. The third-order valence-corrected chi connectivity index (χ3v) is 4.26. The van der Waals surface area contributed by atoms with Crippen molar-refractivity contribution in [3.8, 4) is 5.75 Å². The third kappa shape index (κ3) is 3.16. The second-order valence-electron chi connectivity index (χ2n) is 5.76. The number of aryl methyl sites for hydroxylation is 1. The van der Waals surface area contributed by atoms with E-state index in [1.807, 2.05) is 37.3 Å². The maximum atomic E-state index is 10.5. The van der Waals surface area contributed by atoms with Gasteiger partial charge in [-0.05, 0) is 48.9 Å². The summed E-state index contributed by atoms with van der Waals surface area (Å²) in [4.78, 5) is 6.05. The molecule has 0 aromatic heterocycles. The molecule has 2 atom stereocenters. The molecule has 1 N–H and O–H groups in total. The number of hydroxylamine groups is 2. The van der Waals surface area contributed by atoms with Crippen LogP contribution in [-0.4, -0.2) is 16.4 Å². The van der Waals surface area contributed by atoms with Crippen LogP contribution in [0.15, 0.2) is 54.6 Å². The molecular formula is C19H23NO2. The van der Waals surface area contributed by atoms with Crippen LogP contribution >= 0.6 is 0 Å². The van der Waals surface area contributed by atoms with E-state index in [0.717, 1.165) is 25.0 Å². The molecule has 2 aromatic carbocycles. The van der Waals surface area contributed by atoms with Crippen LogP contribution in [0.3, 0.4) is 0 Å². The lowest BCUT2D eigenvalue weighted by molar-refractivity contribution is -0.203. The van der Waals surface area contributed by atoms with Crippen molar-refractivity contribution in [1.82, 2.24) is 5.06 Å². The van der Waals surface area contributed by atoms with Gasteiger partial charge in [0, 0.05) is 0 Å². The standard InChI is InChI=1S/C19H23NO2/c1-2-19(21)20(22-16-11-4-3-5-12-16)18-14-8-10-15-9-6-7-13-17(15)18/h3-7,9,11-13,18-19,21H,2,8,10,14H2,1H3. The van der Waals surface area contributed by atoms with Gasteiger partial charge in [-0.15, -0.1) is 5.06 Å². The van der Waals surface area contributed by atoms with Crippen LogP contribution in [0.4, 0.5) is 0 Å². The number of nitrogens with zero attached hydrogens (tertiary/aromatic N) is 1. The summed E-state index contributed by atoms with van der Waals surface area (Å²) in [6.45, 7) is 1.97. The fourth-order valence-electron chi connectivity index (χ4n) is 3.11. The van der Waals surface area contributed by atoms with Gasteiger partial charge in [-0.25, -0.2) is 0 Å². The first-order valence-electron chi connectivity index (χ1n) is 8.07. The molecule has 3 rings (SSSR count). The maximum absolute atomic E-state index is 10.5. The lowest BCUT2D eigenvalue weighted by Gasteiger charge is -2.37. The van der Waals surface area contributed by atoms with Crippen LogP contribution < -0.4 is 4.84 Å². The second-order valence-corrected chi connectivity index (χ2v) is 5.76. The Morgan fingerprint density at radius 1 is 1.14 bits per heavy atom. The molecule has 0 fully saturated rings. The molecular weight excluding hydrogens is 274 g/mol. The molecule has 0 saturated heterocycles. The molecule has 1 aliphatic carbocycles. The summed E-state index contributed by atoms with van der Waals surface area (Å²) in [7, 11) is 0. The number of rotatable bonds is 5. The zero-order valence-electron chi connectivity index (χ0n) is 13.0. The highest BCUT2D eigenvalue weighted by Crippen LogP contribution is 2.36. The van der Waals surface area contributed by atoms with Crippen molar-refractivity contribution in [3.63, 3.8) is 0 Å². The Morgan fingerprint density at radius 3 is 2.64 bits per heavy atom. The largest absolute Gasteiger partial charge is 0.403 e. The van der Waals surface area contributed by atoms with Crippen molar-refractivity contribution >= 4 is 0 Å². The quantitative estimate of drug-likeness (QED) is 0.666. The minimum absolute atomic E-state index is 0.0973. The first-order valence-corrected chi connectivity index (χ1v) is 8.07. The van der Waals surface area contributed by atoms with Gasteiger partial charge in [0.05, 0.1) is 6.04 Å². The molecule has 0 saturated carbocycles. The van der Waals surface area contributed by atoms with Gasteiger partial charge in [-0.1, -0.05) is 49.4 Å². The maximum Gasteiger partial charge on any atom is 0.147 e. The van der Waals surface area contributed by atoms with Crippen molar-refractivity contribution in [1.29, 1.82) is 0 Å². The molecule has 3 nitrogen and oxygen atoms in total. The Labute approximate surface area is 132 Å². The molecule has 0 amide bonds. The molecule has 0 radical (unpaired) electrons. The minimum atomic E-state index is -0.614. The zero-order chi connectivity index (χ0) is 15.4. The van der Waals surface area contributed by atoms with E-state index in [0.29, 0.717) is 6.42 Å². The molecule has 0 spiro atoms. The molecule has 2 aromatic rings. The lowest BCUT2D eigenvalue weighted by atomic mass is 9.87. The Hall–Kier alpha value is -1.84. The second kappa shape index (κ2) is 6.95. The minimum Gasteiger partial charge on any atom is -0.403 e. The number of hydrogen-bond donors (Lipinski definition) is 1. The van der Waals surface area contributed by atoms with Crippen molar-refractivity contribution in [3.05, 3.63) is 65.7 Å². The topological polar surface area (TPSA) is 32.7 Å². The monoisotopic (exact) mass is 297 g/mol. The van der Waals surface area contributed by atoms with E-state index in [9.17, 15) is 5.11 Å². The van der Waals surface area contributed by atoms with E-state index in [4.69, 9.17) is 4.84 Å². The summed E-state index contributed by atoms with van der Waals surface area (Å²) >= 11 is 0. The van der Waals surface area contributed by atoms with Crippen LogP contribution in [0.25, 0.3) is 0 Å². The summed E-state index contributed by atoms with van der Waals surface area (Å²) in [6, 6.07) is 18.3. The third-order valence-electron chi connectivity index (χ3n) is 4.26. The highest BCUT2D eigenvalue weighted by atomic mass is 16.7. The fraction of sp³-hybridized carbons (Fsp3) is 0.368. The number of fused-ring (bicyclic) bond motifs is 1. The SMILES string of the molecule is CCC(O)N(Oc1ccccc1)C1CCCc2ccccc21. The summed E-state index contributed by atoms with van der Waals surface area (Å²) < 4.78 is 0.